The van der Waals surface area contributed by atoms with E-state index in [0.717, 1.165) is 25.2 Å². The van der Waals surface area contributed by atoms with Crippen LogP contribution in [0.2, 0.25) is 0 Å². The van der Waals surface area contributed by atoms with Crippen molar-refractivity contribution in [3.05, 3.63) is 51.7 Å². The van der Waals surface area contributed by atoms with Gasteiger partial charge in [0.1, 0.15) is 0 Å². The molecular formula is C15H16N2OS. The monoisotopic (exact) mass is 272 g/mol. The van der Waals surface area contributed by atoms with Crippen LogP contribution in [0.15, 0.2) is 35.7 Å². The van der Waals surface area contributed by atoms with Crippen LogP contribution < -0.4 is 5.32 Å². The average Bonchev–Trinajstić information content (AvgIpc) is 2.88. The zero-order valence-corrected chi connectivity index (χ0v) is 11.7. The van der Waals surface area contributed by atoms with Crippen molar-refractivity contribution in [3.8, 4) is 0 Å². The number of aryl methyl sites for hydroxylation is 1. The van der Waals surface area contributed by atoms with Crippen molar-refractivity contribution in [2.45, 2.75) is 19.9 Å². The van der Waals surface area contributed by atoms with Gasteiger partial charge >= 0.3 is 6.03 Å². The lowest BCUT2D eigenvalue weighted by Crippen LogP contribution is -2.38. The van der Waals surface area contributed by atoms with Gasteiger partial charge in [0.25, 0.3) is 0 Å². The molecule has 1 aliphatic rings. The standard InChI is InChI=1S/C15H16N2OS/c1-11-2-4-13(5-3-11)16-15(18)17-8-6-14-12(10-17)7-9-19-14/h2-5,7,9H,6,8,10H2,1H3,(H,16,18). The number of benzene rings is 1. The molecule has 3 rings (SSSR count). The molecule has 0 aliphatic carbocycles. The summed E-state index contributed by atoms with van der Waals surface area (Å²) in [5.41, 5.74) is 3.33. The van der Waals surface area contributed by atoms with Gasteiger partial charge in [0.15, 0.2) is 0 Å². The lowest BCUT2D eigenvalue weighted by atomic mass is 10.1. The number of rotatable bonds is 1. The van der Waals surface area contributed by atoms with Gasteiger partial charge in [-0.3, -0.25) is 0 Å². The fourth-order valence-electron chi connectivity index (χ4n) is 2.26. The molecule has 3 nitrogen and oxygen atoms in total. The Bertz CT molecular complexity index is 588. The number of urea groups is 1. The Morgan fingerprint density at radius 2 is 2.05 bits per heavy atom. The number of carbonyl (C=O) groups is 1. The van der Waals surface area contributed by atoms with Crippen molar-refractivity contribution in [2.75, 3.05) is 11.9 Å². The molecule has 1 aromatic heterocycles. The molecule has 0 spiro atoms. The molecule has 0 saturated heterocycles. The van der Waals surface area contributed by atoms with Crippen LogP contribution in [0.4, 0.5) is 10.5 Å². The van der Waals surface area contributed by atoms with Crippen LogP contribution in [0.1, 0.15) is 16.0 Å². The maximum Gasteiger partial charge on any atom is 0.322 e. The molecular weight excluding hydrogens is 256 g/mol. The highest BCUT2D eigenvalue weighted by Crippen LogP contribution is 2.24. The van der Waals surface area contributed by atoms with E-state index in [0.29, 0.717) is 0 Å². The van der Waals surface area contributed by atoms with E-state index in [-0.39, 0.29) is 6.03 Å². The van der Waals surface area contributed by atoms with Crippen LogP contribution >= 0.6 is 11.3 Å². The van der Waals surface area contributed by atoms with Gasteiger partial charge in [-0.15, -0.1) is 11.3 Å². The third-order valence-electron chi connectivity index (χ3n) is 3.40. The summed E-state index contributed by atoms with van der Waals surface area (Å²) in [7, 11) is 0. The van der Waals surface area contributed by atoms with Crippen LogP contribution in [-0.4, -0.2) is 17.5 Å². The number of nitrogens with zero attached hydrogens (tertiary/aromatic N) is 1. The van der Waals surface area contributed by atoms with E-state index in [1.807, 2.05) is 36.1 Å². The molecule has 1 aromatic carbocycles. The molecule has 19 heavy (non-hydrogen) atoms. The zero-order valence-electron chi connectivity index (χ0n) is 10.8. The predicted molar refractivity (Wildman–Crippen MR) is 78.6 cm³/mol. The van der Waals surface area contributed by atoms with Gasteiger partial charge in [-0.1, -0.05) is 17.7 Å². The van der Waals surface area contributed by atoms with Crippen molar-refractivity contribution in [2.24, 2.45) is 0 Å². The Morgan fingerprint density at radius 1 is 1.26 bits per heavy atom. The minimum atomic E-state index is -0.0132. The Kier molecular flexibility index (Phi) is 3.25. The van der Waals surface area contributed by atoms with Crippen molar-refractivity contribution in [1.29, 1.82) is 0 Å². The molecule has 98 valence electrons. The van der Waals surface area contributed by atoms with Crippen molar-refractivity contribution >= 4 is 23.1 Å². The second kappa shape index (κ2) is 5.05. The number of hydrogen-bond donors (Lipinski definition) is 1. The Morgan fingerprint density at radius 3 is 2.84 bits per heavy atom. The quantitative estimate of drug-likeness (QED) is 0.844. The van der Waals surface area contributed by atoms with Gasteiger partial charge in [-0.2, -0.15) is 0 Å². The summed E-state index contributed by atoms with van der Waals surface area (Å²) in [5, 5.41) is 5.06. The molecule has 0 saturated carbocycles. The molecule has 0 radical (unpaired) electrons. The molecule has 0 atom stereocenters. The molecule has 0 fully saturated rings. The summed E-state index contributed by atoms with van der Waals surface area (Å²) >= 11 is 1.79. The Balaban J connectivity index is 1.67. The Labute approximate surface area is 116 Å². The molecule has 2 heterocycles. The normalized spacial score (nSPS) is 14.1. The molecule has 2 amide bonds. The predicted octanol–water partition coefficient (Wildman–Crippen LogP) is 3.65. The number of thiophene rings is 1. The average molecular weight is 272 g/mol. The van der Waals surface area contributed by atoms with Gasteiger partial charge < -0.3 is 10.2 Å². The summed E-state index contributed by atoms with van der Waals surface area (Å²) in [5.74, 6) is 0. The van der Waals surface area contributed by atoms with Crippen LogP contribution in [0.5, 0.6) is 0 Å². The molecule has 2 aromatic rings. The molecule has 0 unspecified atom stereocenters. The van der Waals surface area contributed by atoms with E-state index in [1.165, 1.54) is 16.0 Å². The highest BCUT2D eigenvalue weighted by atomic mass is 32.1. The van der Waals surface area contributed by atoms with Gasteiger partial charge in [-0.25, -0.2) is 4.79 Å². The summed E-state index contributed by atoms with van der Waals surface area (Å²) in [4.78, 5) is 15.5. The largest absolute Gasteiger partial charge is 0.322 e. The first-order valence-corrected chi connectivity index (χ1v) is 7.28. The first-order valence-electron chi connectivity index (χ1n) is 6.40. The van der Waals surface area contributed by atoms with Crippen LogP contribution in [0, 0.1) is 6.92 Å². The molecule has 4 heteroatoms. The van der Waals surface area contributed by atoms with Crippen LogP contribution in [0.25, 0.3) is 0 Å². The number of hydrogen-bond acceptors (Lipinski definition) is 2. The summed E-state index contributed by atoms with van der Waals surface area (Å²) < 4.78 is 0. The van der Waals surface area contributed by atoms with Gasteiger partial charge in [0, 0.05) is 23.7 Å². The fourth-order valence-corrected chi connectivity index (χ4v) is 3.15. The highest BCUT2D eigenvalue weighted by molar-refractivity contribution is 7.10. The third kappa shape index (κ3) is 2.63. The molecule has 0 bridgehead atoms. The summed E-state index contributed by atoms with van der Waals surface area (Å²) in [6.45, 7) is 3.55. The third-order valence-corrected chi connectivity index (χ3v) is 4.42. The molecule has 1 N–H and O–H groups in total. The summed E-state index contributed by atoms with van der Waals surface area (Å²) in [6.07, 6.45) is 0.967. The maximum absolute atomic E-state index is 12.2. The number of anilines is 1. The lowest BCUT2D eigenvalue weighted by Gasteiger charge is -2.27. The first kappa shape index (κ1) is 12.2. The van der Waals surface area contributed by atoms with Crippen molar-refractivity contribution in [3.63, 3.8) is 0 Å². The summed E-state index contributed by atoms with van der Waals surface area (Å²) in [6, 6.07) is 9.98. The highest BCUT2D eigenvalue weighted by Gasteiger charge is 2.21. The van der Waals surface area contributed by atoms with Gasteiger partial charge in [0.2, 0.25) is 0 Å². The van der Waals surface area contributed by atoms with Gasteiger partial charge in [0.05, 0.1) is 0 Å². The van der Waals surface area contributed by atoms with Crippen LogP contribution in [-0.2, 0) is 13.0 Å². The second-order valence-corrected chi connectivity index (χ2v) is 5.84. The fraction of sp³-hybridized carbons (Fsp3) is 0.267. The lowest BCUT2D eigenvalue weighted by molar-refractivity contribution is 0.207. The first-order chi connectivity index (χ1) is 9.22. The van der Waals surface area contributed by atoms with Crippen molar-refractivity contribution in [1.82, 2.24) is 4.90 Å². The van der Waals surface area contributed by atoms with E-state index in [1.54, 1.807) is 11.3 Å². The SMILES string of the molecule is Cc1ccc(NC(=O)N2CCc3sccc3C2)cc1. The number of carbonyl (C=O) groups excluding carboxylic acids is 1. The zero-order chi connectivity index (χ0) is 13.2. The van der Waals surface area contributed by atoms with Gasteiger partial charge in [-0.05, 0) is 42.5 Å². The van der Waals surface area contributed by atoms with Crippen molar-refractivity contribution < 1.29 is 4.79 Å². The number of fused-ring (bicyclic) bond motifs is 1. The number of amides is 2. The maximum atomic E-state index is 12.2. The van der Waals surface area contributed by atoms with E-state index in [4.69, 9.17) is 0 Å². The minimum Gasteiger partial charge on any atom is -0.320 e. The van der Waals surface area contributed by atoms with E-state index >= 15 is 0 Å². The van der Waals surface area contributed by atoms with E-state index in [2.05, 4.69) is 16.8 Å². The topological polar surface area (TPSA) is 32.3 Å². The van der Waals surface area contributed by atoms with E-state index < -0.39 is 0 Å². The molecule has 1 aliphatic heterocycles. The van der Waals surface area contributed by atoms with Crippen LogP contribution in [0.3, 0.4) is 0 Å². The smallest absolute Gasteiger partial charge is 0.320 e. The van der Waals surface area contributed by atoms with E-state index in [9.17, 15) is 4.79 Å². The Hall–Kier alpha value is -1.81. The second-order valence-electron chi connectivity index (χ2n) is 4.84. The minimum absolute atomic E-state index is 0.0132. The number of nitrogens with one attached hydrogen (secondary N) is 1.